The predicted octanol–water partition coefficient (Wildman–Crippen LogP) is 3.47. The maximum absolute atomic E-state index is 2.41. The smallest absolute Gasteiger partial charge is 0.0360 e. The first-order valence-corrected chi connectivity index (χ1v) is 5.27. The van der Waals surface area contributed by atoms with Gasteiger partial charge in [0.1, 0.15) is 0 Å². The predicted molar refractivity (Wildman–Crippen MR) is 48.4 cm³/mol. The molecule has 0 aliphatic heterocycles. The van der Waals surface area contributed by atoms with Crippen LogP contribution in [0.25, 0.3) is 0 Å². The van der Waals surface area contributed by atoms with Crippen molar-refractivity contribution in [3.8, 4) is 0 Å². The van der Waals surface area contributed by atoms with E-state index in [2.05, 4.69) is 13.8 Å². The summed E-state index contributed by atoms with van der Waals surface area (Å²) in [5, 5.41) is 0. The first-order valence-electron chi connectivity index (χ1n) is 5.27. The zero-order valence-corrected chi connectivity index (χ0v) is 7.84. The second kappa shape index (κ2) is 2.80. The van der Waals surface area contributed by atoms with E-state index in [0.29, 0.717) is 0 Å². The van der Waals surface area contributed by atoms with Crippen LogP contribution in [0.5, 0.6) is 0 Å². The van der Waals surface area contributed by atoms with E-state index in [9.17, 15) is 0 Å². The van der Waals surface area contributed by atoms with Crippen LogP contribution in [0.2, 0.25) is 0 Å². The number of hydrogen-bond acceptors (Lipinski definition) is 0. The van der Waals surface area contributed by atoms with E-state index in [4.69, 9.17) is 0 Å². The van der Waals surface area contributed by atoms with Crippen molar-refractivity contribution < 1.29 is 0 Å². The van der Waals surface area contributed by atoms with Gasteiger partial charge in [-0.25, -0.2) is 0 Å². The lowest BCUT2D eigenvalue weighted by Crippen LogP contribution is -2.33. The van der Waals surface area contributed by atoms with Crippen LogP contribution in [-0.2, 0) is 0 Å². The summed E-state index contributed by atoms with van der Waals surface area (Å²) in [6.45, 7) is 4.82. The van der Waals surface area contributed by atoms with Crippen LogP contribution in [0, 0.1) is 23.7 Å². The van der Waals surface area contributed by atoms with Gasteiger partial charge in [-0.05, 0) is 42.9 Å². The third kappa shape index (κ3) is 1.32. The Balaban J connectivity index is 2.03. The largest absolute Gasteiger partial charge is 0.0625 e. The third-order valence-corrected chi connectivity index (χ3v) is 3.96. The van der Waals surface area contributed by atoms with Crippen LogP contribution in [-0.4, -0.2) is 0 Å². The van der Waals surface area contributed by atoms with Gasteiger partial charge < -0.3 is 0 Å². The minimum absolute atomic E-state index is 0.947. The van der Waals surface area contributed by atoms with E-state index in [-0.39, 0.29) is 0 Å². The molecule has 3 aliphatic rings. The summed E-state index contributed by atoms with van der Waals surface area (Å²) in [5.41, 5.74) is 0. The molecule has 0 radical (unpaired) electrons. The minimum atomic E-state index is 0.947. The molecule has 0 unspecified atom stereocenters. The van der Waals surface area contributed by atoms with Crippen molar-refractivity contribution >= 4 is 0 Å². The summed E-state index contributed by atoms with van der Waals surface area (Å²) in [6.07, 6.45) is 7.76. The van der Waals surface area contributed by atoms with Crippen LogP contribution in [0.15, 0.2) is 0 Å². The standard InChI is InChI=1S/C11H20/c1-8(2)11-7-9-3-5-10(11)6-4-9/h8-11H,3-7H2,1-2H3/t9?,10?,11-/m1/s1. The Labute approximate surface area is 70.4 Å². The highest BCUT2D eigenvalue weighted by molar-refractivity contribution is 4.87. The van der Waals surface area contributed by atoms with E-state index >= 15 is 0 Å². The van der Waals surface area contributed by atoms with Gasteiger partial charge in [0.05, 0.1) is 0 Å². The van der Waals surface area contributed by atoms with Gasteiger partial charge in [0.2, 0.25) is 0 Å². The highest BCUT2D eigenvalue weighted by Crippen LogP contribution is 2.47. The number of hydrogen-bond donors (Lipinski definition) is 0. The molecule has 0 aromatic rings. The van der Waals surface area contributed by atoms with Gasteiger partial charge in [0.15, 0.2) is 0 Å². The first kappa shape index (κ1) is 7.64. The van der Waals surface area contributed by atoms with E-state index in [1.54, 1.807) is 32.1 Å². The Bertz CT molecular complexity index is 129. The topological polar surface area (TPSA) is 0 Å². The molecule has 11 heavy (non-hydrogen) atoms. The average Bonchev–Trinajstić information content (AvgIpc) is 2.06. The Morgan fingerprint density at radius 1 is 1.00 bits per heavy atom. The van der Waals surface area contributed by atoms with Crippen molar-refractivity contribution in [1.29, 1.82) is 0 Å². The summed E-state index contributed by atoms with van der Waals surface area (Å²) >= 11 is 0. The van der Waals surface area contributed by atoms with Crippen molar-refractivity contribution in [2.75, 3.05) is 0 Å². The molecular weight excluding hydrogens is 132 g/mol. The number of rotatable bonds is 1. The molecule has 0 heteroatoms. The lowest BCUT2D eigenvalue weighted by Gasteiger charge is -2.44. The van der Waals surface area contributed by atoms with Crippen LogP contribution in [0.3, 0.4) is 0 Å². The van der Waals surface area contributed by atoms with E-state index < -0.39 is 0 Å². The highest BCUT2D eigenvalue weighted by Gasteiger charge is 2.36. The van der Waals surface area contributed by atoms with Crippen LogP contribution < -0.4 is 0 Å². The Kier molecular flexibility index (Phi) is 1.95. The molecule has 0 aromatic carbocycles. The molecule has 1 atom stereocenters. The van der Waals surface area contributed by atoms with Crippen molar-refractivity contribution in [3.63, 3.8) is 0 Å². The molecule has 3 saturated carbocycles. The molecule has 0 N–H and O–H groups in total. The van der Waals surface area contributed by atoms with Gasteiger partial charge in [0, 0.05) is 0 Å². The molecule has 0 heterocycles. The lowest BCUT2D eigenvalue weighted by atomic mass is 9.62. The van der Waals surface area contributed by atoms with E-state index in [1.807, 2.05) is 0 Å². The van der Waals surface area contributed by atoms with Gasteiger partial charge in [-0.15, -0.1) is 0 Å². The normalized spacial score (nSPS) is 43.4. The maximum Gasteiger partial charge on any atom is -0.0360 e. The van der Waals surface area contributed by atoms with Gasteiger partial charge in [-0.1, -0.05) is 26.7 Å². The molecule has 0 nitrogen and oxygen atoms in total. The van der Waals surface area contributed by atoms with Crippen molar-refractivity contribution in [2.24, 2.45) is 23.7 Å². The molecule has 3 rings (SSSR count). The number of fused-ring (bicyclic) bond motifs is 3. The fraction of sp³-hybridized carbons (Fsp3) is 1.00. The second-order valence-corrected chi connectivity index (χ2v) is 4.92. The molecule has 64 valence electrons. The molecule has 0 spiro atoms. The highest BCUT2D eigenvalue weighted by atomic mass is 14.4. The van der Waals surface area contributed by atoms with Crippen LogP contribution >= 0.6 is 0 Å². The molecule has 2 bridgehead atoms. The van der Waals surface area contributed by atoms with Gasteiger partial charge in [-0.3, -0.25) is 0 Å². The molecule has 0 saturated heterocycles. The van der Waals surface area contributed by atoms with Gasteiger partial charge in [-0.2, -0.15) is 0 Å². The fourth-order valence-electron chi connectivity index (χ4n) is 3.25. The minimum Gasteiger partial charge on any atom is -0.0625 e. The van der Waals surface area contributed by atoms with E-state index in [1.165, 1.54) is 0 Å². The van der Waals surface area contributed by atoms with Crippen molar-refractivity contribution in [2.45, 2.75) is 46.0 Å². The van der Waals surface area contributed by atoms with E-state index in [0.717, 1.165) is 23.7 Å². The summed E-state index contributed by atoms with van der Waals surface area (Å²) in [4.78, 5) is 0. The van der Waals surface area contributed by atoms with Crippen LogP contribution in [0.4, 0.5) is 0 Å². The lowest BCUT2D eigenvalue weighted by molar-refractivity contribution is 0.0680. The zero-order chi connectivity index (χ0) is 7.84. The Morgan fingerprint density at radius 3 is 1.91 bits per heavy atom. The second-order valence-electron chi connectivity index (χ2n) is 4.92. The average molecular weight is 152 g/mol. The third-order valence-electron chi connectivity index (χ3n) is 3.96. The van der Waals surface area contributed by atoms with Gasteiger partial charge in [0.25, 0.3) is 0 Å². The summed E-state index contributed by atoms with van der Waals surface area (Å²) in [6, 6.07) is 0. The fourth-order valence-corrected chi connectivity index (χ4v) is 3.25. The molecular formula is C11H20. The first-order chi connectivity index (χ1) is 5.27. The summed E-state index contributed by atoms with van der Waals surface area (Å²) < 4.78 is 0. The van der Waals surface area contributed by atoms with Crippen molar-refractivity contribution in [3.05, 3.63) is 0 Å². The molecule has 3 fully saturated rings. The molecule has 3 aliphatic carbocycles. The quantitative estimate of drug-likeness (QED) is 0.539. The Hall–Kier alpha value is 0. The monoisotopic (exact) mass is 152 g/mol. The summed E-state index contributed by atoms with van der Waals surface area (Å²) in [5.74, 6) is 4.26. The van der Waals surface area contributed by atoms with Crippen LogP contribution in [0.1, 0.15) is 46.0 Å². The Morgan fingerprint density at radius 2 is 1.64 bits per heavy atom. The van der Waals surface area contributed by atoms with Crippen molar-refractivity contribution in [1.82, 2.24) is 0 Å². The summed E-state index contributed by atoms with van der Waals surface area (Å²) in [7, 11) is 0. The molecule has 0 aromatic heterocycles. The zero-order valence-electron chi connectivity index (χ0n) is 7.84. The SMILES string of the molecule is CC(C)[C@H]1CC2CCC1CC2. The van der Waals surface area contributed by atoms with Gasteiger partial charge >= 0.3 is 0 Å². The maximum atomic E-state index is 2.41. The molecule has 0 amide bonds.